The highest BCUT2D eigenvalue weighted by Gasteiger charge is 2.26. The highest BCUT2D eigenvalue weighted by atomic mass is 16.3. The van der Waals surface area contributed by atoms with E-state index in [9.17, 15) is 5.11 Å². The van der Waals surface area contributed by atoms with Gasteiger partial charge in [0.25, 0.3) is 0 Å². The number of piperidine rings is 1. The summed E-state index contributed by atoms with van der Waals surface area (Å²) < 4.78 is 0. The average Bonchev–Trinajstić information content (AvgIpc) is 2.25. The van der Waals surface area contributed by atoms with E-state index in [4.69, 9.17) is 0 Å². The van der Waals surface area contributed by atoms with Crippen LogP contribution in [-0.2, 0) is 0 Å². The minimum Gasteiger partial charge on any atom is -0.388 e. The average molecular weight is 257 g/mol. The summed E-state index contributed by atoms with van der Waals surface area (Å²) in [4.78, 5) is 4.42. The molecule has 108 valence electrons. The van der Waals surface area contributed by atoms with Crippen LogP contribution in [-0.4, -0.2) is 73.9 Å². The van der Waals surface area contributed by atoms with Gasteiger partial charge in [0, 0.05) is 19.1 Å². The second-order valence-corrected chi connectivity index (χ2v) is 6.55. The van der Waals surface area contributed by atoms with E-state index in [0.29, 0.717) is 19.1 Å². The van der Waals surface area contributed by atoms with Crippen LogP contribution in [0.2, 0.25) is 0 Å². The van der Waals surface area contributed by atoms with Crippen molar-refractivity contribution in [1.82, 2.24) is 15.1 Å². The standard InChI is InChI=1S/C14H31N3O/c1-12(13-6-8-17(5)9-7-13)15-10-14(2,18)11-16(3)4/h12-13,15,18H,6-11H2,1-5H3. The van der Waals surface area contributed by atoms with E-state index in [1.165, 1.54) is 25.9 Å². The van der Waals surface area contributed by atoms with Gasteiger partial charge in [0.2, 0.25) is 0 Å². The first-order valence-electron chi connectivity index (χ1n) is 7.09. The van der Waals surface area contributed by atoms with Gasteiger partial charge in [-0.15, -0.1) is 0 Å². The number of hydrogen-bond donors (Lipinski definition) is 2. The summed E-state index contributed by atoms with van der Waals surface area (Å²) in [5.41, 5.74) is -0.650. The van der Waals surface area contributed by atoms with Gasteiger partial charge in [0.15, 0.2) is 0 Å². The van der Waals surface area contributed by atoms with Crippen LogP contribution in [0.15, 0.2) is 0 Å². The maximum Gasteiger partial charge on any atom is 0.0869 e. The van der Waals surface area contributed by atoms with Crippen molar-refractivity contribution in [3.8, 4) is 0 Å². The zero-order valence-electron chi connectivity index (χ0n) is 12.7. The summed E-state index contributed by atoms with van der Waals surface area (Å²) in [7, 11) is 6.18. The van der Waals surface area contributed by atoms with Crippen molar-refractivity contribution in [3.63, 3.8) is 0 Å². The molecule has 18 heavy (non-hydrogen) atoms. The second kappa shape index (κ2) is 6.85. The van der Waals surface area contributed by atoms with Gasteiger partial charge in [-0.05, 0) is 66.8 Å². The van der Waals surface area contributed by atoms with Crippen LogP contribution >= 0.6 is 0 Å². The van der Waals surface area contributed by atoms with Gasteiger partial charge in [-0.2, -0.15) is 0 Å². The van der Waals surface area contributed by atoms with Gasteiger partial charge in [-0.3, -0.25) is 0 Å². The normalized spacial score (nSPS) is 24.2. The molecule has 0 radical (unpaired) electrons. The predicted octanol–water partition coefficient (Wildman–Crippen LogP) is 0.619. The molecule has 2 unspecified atom stereocenters. The summed E-state index contributed by atoms with van der Waals surface area (Å²) in [5, 5.41) is 13.8. The molecule has 1 aliphatic heterocycles. The van der Waals surface area contributed by atoms with Crippen molar-refractivity contribution in [3.05, 3.63) is 0 Å². The Hall–Kier alpha value is -0.160. The molecule has 0 aromatic heterocycles. The Morgan fingerprint density at radius 2 is 1.94 bits per heavy atom. The molecule has 1 heterocycles. The molecule has 0 aliphatic carbocycles. The zero-order valence-corrected chi connectivity index (χ0v) is 12.7. The van der Waals surface area contributed by atoms with Crippen LogP contribution in [0.25, 0.3) is 0 Å². The van der Waals surface area contributed by atoms with E-state index in [0.717, 1.165) is 5.92 Å². The lowest BCUT2D eigenvalue weighted by atomic mass is 9.90. The van der Waals surface area contributed by atoms with Gasteiger partial charge in [-0.1, -0.05) is 0 Å². The lowest BCUT2D eigenvalue weighted by Gasteiger charge is -2.35. The number of rotatable bonds is 6. The molecular formula is C14H31N3O. The van der Waals surface area contributed by atoms with Gasteiger partial charge < -0.3 is 20.2 Å². The van der Waals surface area contributed by atoms with E-state index in [2.05, 4.69) is 24.2 Å². The molecule has 4 nitrogen and oxygen atoms in total. The second-order valence-electron chi connectivity index (χ2n) is 6.55. The summed E-state index contributed by atoms with van der Waals surface area (Å²) in [5.74, 6) is 0.747. The first-order chi connectivity index (χ1) is 8.30. The van der Waals surface area contributed by atoms with E-state index >= 15 is 0 Å². The number of hydrogen-bond acceptors (Lipinski definition) is 4. The molecule has 0 saturated carbocycles. The Kier molecular flexibility index (Phi) is 6.05. The predicted molar refractivity (Wildman–Crippen MR) is 76.9 cm³/mol. The molecule has 0 spiro atoms. The van der Waals surface area contributed by atoms with E-state index in [1.54, 1.807) is 0 Å². The topological polar surface area (TPSA) is 38.7 Å². The van der Waals surface area contributed by atoms with Gasteiger partial charge in [0.05, 0.1) is 5.60 Å². The molecule has 0 bridgehead atoms. The molecule has 2 N–H and O–H groups in total. The van der Waals surface area contributed by atoms with Gasteiger partial charge >= 0.3 is 0 Å². The van der Waals surface area contributed by atoms with Gasteiger partial charge in [-0.25, -0.2) is 0 Å². The van der Waals surface area contributed by atoms with Crippen molar-refractivity contribution in [2.45, 2.75) is 38.3 Å². The number of likely N-dealkylation sites (tertiary alicyclic amines) is 1. The largest absolute Gasteiger partial charge is 0.388 e. The maximum absolute atomic E-state index is 10.3. The Bertz CT molecular complexity index is 235. The molecule has 1 aliphatic rings. The minimum atomic E-state index is -0.650. The zero-order chi connectivity index (χ0) is 13.8. The highest BCUT2D eigenvalue weighted by molar-refractivity contribution is 4.83. The molecule has 1 rings (SSSR count). The third-order valence-electron chi connectivity index (χ3n) is 3.93. The molecule has 4 heteroatoms. The monoisotopic (exact) mass is 257 g/mol. The Morgan fingerprint density at radius 1 is 1.39 bits per heavy atom. The molecule has 0 aromatic carbocycles. The number of aliphatic hydroxyl groups is 1. The van der Waals surface area contributed by atoms with Crippen LogP contribution < -0.4 is 5.32 Å². The van der Waals surface area contributed by atoms with Gasteiger partial charge in [0.1, 0.15) is 0 Å². The summed E-state index contributed by atoms with van der Waals surface area (Å²) in [6.07, 6.45) is 2.53. The molecule has 0 amide bonds. The van der Waals surface area contributed by atoms with E-state index < -0.39 is 5.60 Å². The summed E-state index contributed by atoms with van der Waals surface area (Å²) >= 11 is 0. The SMILES string of the molecule is CC(NCC(C)(O)CN(C)C)C1CCN(C)CC1. The summed E-state index contributed by atoms with van der Waals surface area (Å²) in [6, 6.07) is 0.493. The molecule has 1 saturated heterocycles. The Morgan fingerprint density at radius 3 is 2.44 bits per heavy atom. The molecule has 1 fully saturated rings. The fourth-order valence-electron chi connectivity index (χ4n) is 2.81. The quantitative estimate of drug-likeness (QED) is 0.732. The minimum absolute atomic E-state index is 0.493. The molecular weight excluding hydrogens is 226 g/mol. The molecule has 0 aromatic rings. The molecule has 2 atom stereocenters. The number of nitrogens with zero attached hydrogens (tertiary/aromatic N) is 2. The highest BCUT2D eigenvalue weighted by Crippen LogP contribution is 2.19. The van der Waals surface area contributed by atoms with Crippen LogP contribution in [0.3, 0.4) is 0 Å². The lowest BCUT2D eigenvalue weighted by molar-refractivity contribution is 0.0286. The lowest BCUT2D eigenvalue weighted by Crippen LogP contribution is -2.50. The fraction of sp³-hybridized carbons (Fsp3) is 1.00. The van der Waals surface area contributed by atoms with Crippen molar-refractivity contribution in [2.24, 2.45) is 5.92 Å². The van der Waals surface area contributed by atoms with Crippen LogP contribution in [0.1, 0.15) is 26.7 Å². The van der Waals surface area contributed by atoms with Crippen LogP contribution in [0.4, 0.5) is 0 Å². The maximum atomic E-state index is 10.3. The van der Waals surface area contributed by atoms with Crippen molar-refractivity contribution >= 4 is 0 Å². The van der Waals surface area contributed by atoms with Crippen molar-refractivity contribution in [1.29, 1.82) is 0 Å². The summed E-state index contributed by atoms with van der Waals surface area (Å²) in [6.45, 7) is 7.91. The van der Waals surface area contributed by atoms with E-state index in [-0.39, 0.29) is 0 Å². The first-order valence-corrected chi connectivity index (χ1v) is 7.09. The van der Waals surface area contributed by atoms with Crippen molar-refractivity contribution < 1.29 is 5.11 Å². The third-order valence-corrected chi connectivity index (χ3v) is 3.93. The van der Waals surface area contributed by atoms with Crippen molar-refractivity contribution in [2.75, 3.05) is 47.3 Å². The number of nitrogens with one attached hydrogen (secondary N) is 1. The first kappa shape index (κ1) is 15.9. The van der Waals surface area contributed by atoms with Crippen LogP contribution in [0, 0.1) is 5.92 Å². The van der Waals surface area contributed by atoms with E-state index in [1.807, 2.05) is 25.9 Å². The number of likely N-dealkylation sites (N-methyl/N-ethyl adjacent to an activating group) is 1. The smallest absolute Gasteiger partial charge is 0.0869 e. The Balaban J connectivity index is 2.29. The fourth-order valence-corrected chi connectivity index (χ4v) is 2.81. The van der Waals surface area contributed by atoms with Crippen LogP contribution in [0.5, 0.6) is 0 Å². The third kappa shape index (κ3) is 5.65. The Labute approximate surface area is 112 Å².